The van der Waals surface area contributed by atoms with E-state index in [9.17, 15) is 14.9 Å². The molecule has 0 bridgehead atoms. The molecule has 1 amide bonds. The summed E-state index contributed by atoms with van der Waals surface area (Å²) in [5.41, 5.74) is 1.91. The van der Waals surface area contributed by atoms with E-state index in [1.54, 1.807) is 55.7 Å². The fraction of sp³-hybridized carbons (Fsp3) is 0.240. The molecule has 1 aliphatic heterocycles. The van der Waals surface area contributed by atoms with Gasteiger partial charge in [-0.05, 0) is 60.0 Å². The summed E-state index contributed by atoms with van der Waals surface area (Å²) in [5.74, 6) is 2.04. The number of nitro benzene ring substituents is 1. The summed E-state index contributed by atoms with van der Waals surface area (Å²) in [5, 5.41) is 10.9. The highest BCUT2D eigenvalue weighted by atomic mass is 16.6. The Morgan fingerprint density at radius 1 is 1.18 bits per heavy atom. The van der Waals surface area contributed by atoms with Crippen molar-refractivity contribution in [2.45, 2.75) is 12.5 Å². The monoisotopic (exact) mass is 464 g/mol. The third-order valence-corrected chi connectivity index (χ3v) is 5.67. The van der Waals surface area contributed by atoms with Crippen LogP contribution in [-0.4, -0.2) is 43.1 Å². The predicted molar refractivity (Wildman–Crippen MR) is 124 cm³/mol. The molecule has 9 nitrogen and oxygen atoms in total. The predicted octanol–water partition coefficient (Wildman–Crippen LogP) is 4.42. The van der Waals surface area contributed by atoms with E-state index in [1.807, 2.05) is 12.1 Å². The van der Waals surface area contributed by atoms with Gasteiger partial charge in [-0.2, -0.15) is 0 Å². The van der Waals surface area contributed by atoms with Crippen LogP contribution in [0.3, 0.4) is 0 Å². The number of furan rings is 1. The molecular weight excluding hydrogens is 440 g/mol. The summed E-state index contributed by atoms with van der Waals surface area (Å²) in [4.78, 5) is 25.3. The van der Waals surface area contributed by atoms with Crippen LogP contribution in [0.2, 0.25) is 0 Å². The Labute approximate surface area is 196 Å². The highest BCUT2D eigenvalue weighted by Crippen LogP contribution is 2.38. The van der Waals surface area contributed by atoms with Crippen LogP contribution in [0.4, 0.5) is 5.69 Å². The van der Waals surface area contributed by atoms with E-state index < -0.39 is 11.0 Å². The molecule has 176 valence electrons. The van der Waals surface area contributed by atoms with Crippen molar-refractivity contribution in [2.75, 3.05) is 27.4 Å². The van der Waals surface area contributed by atoms with E-state index in [2.05, 4.69) is 0 Å². The second-order valence-electron chi connectivity index (χ2n) is 7.61. The Morgan fingerprint density at radius 3 is 2.56 bits per heavy atom. The second kappa shape index (κ2) is 10.1. The number of carbonyl (C=O) groups excluding carboxylic acids is 1. The van der Waals surface area contributed by atoms with Gasteiger partial charge in [0.1, 0.15) is 18.1 Å². The van der Waals surface area contributed by atoms with Crippen molar-refractivity contribution in [3.63, 3.8) is 0 Å². The summed E-state index contributed by atoms with van der Waals surface area (Å²) < 4.78 is 22.2. The number of ether oxygens (including phenoxy) is 3. The minimum absolute atomic E-state index is 0.0212. The molecule has 0 N–H and O–H groups in total. The number of benzene rings is 2. The number of non-ortho nitro benzene ring substituents is 1. The normalized spacial score (nSPS) is 15.1. The third kappa shape index (κ3) is 4.88. The molecule has 1 aromatic heterocycles. The molecule has 1 aliphatic rings. The van der Waals surface area contributed by atoms with Gasteiger partial charge >= 0.3 is 0 Å². The van der Waals surface area contributed by atoms with Crippen molar-refractivity contribution in [3.8, 4) is 17.2 Å². The van der Waals surface area contributed by atoms with Gasteiger partial charge in [0.15, 0.2) is 11.5 Å². The molecule has 1 atom stereocenters. The van der Waals surface area contributed by atoms with E-state index in [0.29, 0.717) is 36.0 Å². The first kappa shape index (κ1) is 22.9. The maximum absolute atomic E-state index is 13.1. The van der Waals surface area contributed by atoms with Crippen molar-refractivity contribution in [1.82, 2.24) is 4.90 Å². The number of nitro groups is 1. The highest BCUT2D eigenvalue weighted by molar-refractivity contribution is 5.92. The van der Waals surface area contributed by atoms with E-state index in [-0.39, 0.29) is 18.2 Å². The molecule has 2 aromatic carbocycles. The Kier molecular flexibility index (Phi) is 6.82. The number of nitrogens with zero attached hydrogens (tertiary/aromatic N) is 2. The summed E-state index contributed by atoms with van der Waals surface area (Å²) in [6.45, 7) is 0.638. The topological polar surface area (TPSA) is 104 Å². The van der Waals surface area contributed by atoms with Crippen molar-refractivity contribution in [2.24, 2.45) is 0 Å². The van der Waals surface area contributed by atoms with Crippen molar-refractivity contribution >= 4 is 17.7 Å². The zero-order chi connectivity index (χ0) is 24.1. The van der Waals surface area contributed by atoms with Crippen molar-refractivity contribution in [3.05, 3.63) is 87.9 Å². The van der Waals surface area contributed by atoms with Crippen LogP contribution in [0.5, 0.6) is 17.2 Å². The molecule has 0 aliphatic carbocycles. The van der Waals surface area contributed by atoms with Crippen LogP contribution >= 0.6 is 0 Å². The van der Waals surface area contributed by atoms with Gasteiger partial charge in [-0.25, -0.2) is 0 Å². The molecule has 0 saturated heterocycles. The van der Waals surface area contributed by atoms with Gasteiger partial charge in [0, 0.05) is 24.8 Å². The average molecular weight is 464 g/mol. The van der Waals surface area contributed by atoms with Gasteiger partial charge in [0.2, 0.25) is 5.91 Å². The van der Waals surface area contributed by atoms with Crippen LogP contribution < -0.4 is 14.2 Å². The Balaban J connectivity index is 1.63. The smallest absolute Gasteiger partial charge is 0.269 e. The van der Waals surface area contributed by atoms with Crippen LogP contribution in [0.1, 0.15) is 22.9 Å². The van der Waals surface area contributed by atoms with E-state index >= 15 is 0 Å². The molecular formula is C25H24N2O7. The summed E-state index contributed by atoms with van der Waals surface area (Å²) in [6, 6.07) is 12.7. The highest BCUT2D eigenvalue weighted by Gasteiger charge is 2.32. The lowest BCUT2D eigenvalue weighted by molar-refractivity contribution is -0.384. The number of fused-ring (bicyclic) bond motifs is 1. The van der Waals surface area contributed by atoms with Crippen molar-refractivity contribution < 1.29 is 28.3 Å². The number of methoxy groups -OCH3 is 2. The maximum atomic E-state index is 13.1. The van der Waals surface area contributed by atoms with E-state index in [4.69, 9.17) is 18.6 Å². The van der Waals surface area contributed by atoms with Gasteiger partial charge in [-0.1, -0.05) is 0 Å². The molecule has 0 radical (unpaired) electrons. The minimum atomic E-state index is -0.466. The molecule has 34 heavy (non-hydrogen) atoms. The molecule has 0 saturated carbocycles. The Hall–Kier alpha value is -4.27. The van der Waals surface area contributed by atoms with Gasteiger partial charge in [-0.15, -0.1) is 0 Å². The first-order valence-electron chi connectivity index (χ1n) is 10.6. The summed E-state index contributed by atoms with van der Waals surface area (Å²) >= 11 is 0. The molecule has 0 fully saturated rings. The first-order chi connectivity index (χ1) is 16.5. The van der Waals surface area contributed by atoms with Crippen LogP contribution in [-0.2, 0) is 11.2 Å². The zero-order valence-corrected chi connectivity index (χ0v) is 18.8. The van der Waals surface area contributed by atoms with E-state index in [1.165, 1.54) is 18.2 Å². The lowest BCUT2D eigenvalue weighted by Crippen LogP contribution is -2.41. The number of amides is 1. The van der Waals surface area contributed by atoms with E-state index in [0.717, 1.165) is 11.1 Å². The Bertz CT molecular complexity index is 1190. The minimum Gasteiger partial charge on any atom is -0.493 e. The standard InChI is InChI=1S/C25H24N2O7/c1-31-23-14-17-11-12-26(25(28)10-9-19-4-3-13-33-19)22(21(17)15-24(23)32-2)16-34-20-7-5-18(6-8-20)27(29)30/h3-10,13-15,22H,11-12,16H2,1-2H3/b10-9+. The molecule has 2 heterocycles. The first-order valence-corrected chi connectivity index (χ1v) is 10.6. The van der Waals surface area contributed by atoms with Gasteiger partial charge < -0.3 is 23.5 Å². The number of carbonyl (C=O) groups is 1. The molecule has 1 unspecified atom stereocenters. The maximum Gasteiger partial charge on any atom is 0.269 e. The van der Waals surface area contributed by atoms with Crippen molar-refractivity contribution in [1.29, 1.82) is 0 Å². The number of rotatable bonds is 8. The number of hydrogen-bond acceptors (Lipinski definition) is 7. The van der Waals surface area contributed by atoms with Gasteiger partial charge in [-0.3, -0.25) is 14.9 Å². The molecule has 4 rings (SSSR count). The quantitative estimate of drug-likeness (QED) is 0.276. The molecule has 0 spiro atoms. The zero-order valence-electron chi connectivity index (χ0n) is 18.8. The lowest BCUT2D eigenvalue weighted by atomic mass is 9.92. The van der Waals surface area contributed by atoms with Crippen LogP contribution in [0.25, 0.3) is 6.08 Å². The second-order valence-corrected chi connectivity index (χ2v) is 7.61. The molecule has 9 heteroatoms. The van der Waals surface area contributed by atoms with Gasteiger partial charge in [0.05, 0.1) is 31.4 Å². The average Bonchev–Trinajstić information content (AvgIpc) is 3.38. The fourth-order valence-corrected chi connectivity index (χ4v) is 3.95. The Morgan fingerprint density at radius 2 is 1.91 bits per heavy atom. The lowest BCUT2D eigenvalue weighted by Gasteiger charge is -2.37. The summed E-state index contributed by atoms with van der Waals surface area (Å²) in [6.07, 6.45) is 5.29. The molecule has 3 aromatic rings. The van der Waals surface area contributed by atoms with Gasteiger partial charge in [0.25, 0.3) is 5.69 Å². The third-order valence-electron chi connectivity index (χ3n) is 5.67. The van der Waals surface area contributed by atoms with Crippen LogP contribution in [0.15, 0.2) is 65.3 Å². The SMILES string of the molecule is COc1cc2c(cc1OC)C(COc1ccc([N+](=O)[O-])cc1)N(C(=O)/C=C/c1ccco1)CC2. The van der Waals surface area contributed by atoms with Crippen LogP contribution in [0, 0.1) is 10.1 Å². The largest absolute Gasteiger partial charge is 0.493 e. The number of hydrogen-bond donors (Lipinski definition) is 0. The summed E-state index contributed by atoms with van der Waals surface area (Å²) in [7, 11) is 3.14. The fourth-order valence-electron chi connectivity index (χ4n) is 3.95.